The van der Waals surface area contributed by atoms with Crippen LogP contribution in [0.4, 0.5) is 0 Å². The van der Waals surface area contributed by atoms with Crippen LogP contribution < -0.4 is 5.32 Å². The van der Waals surface area contributed by atoms with Gasteiger partial charge in [0.1, 0.15) is 0 Å². The molecule has 0 bridgehead atoms. The Morgan fingerprint density at radius 3 is 2.53 bits per heavy atom. The summed E-state index contributed by atoms with van der Waals surface area (Å²) in [5.41, 5.74) is 5.09. The van der Waals surface area contributed by atoms with Crippen molar-refractivity contribution in [3.8, 4) is 0 Å². The minimum Gasteiger partial charge on any atom is -0.317 e. The van der Waals surface area contributed by atoms with Crippen LogP contribution in [0.5, 0.6) is 0 Å². The molecule has 1 aromatic carbocycles. The van der Waals surface area contributed by atoms with Gasteiger partial charge in [-0.1, -0.05) is 31.2 Å². The largest absolute Gasteiger partial charge is 0.317 e. The van der Waals surface area contributed by atoms with Gasteiger partial charge in [-0.05, 0) is 50.6 Å². The number of benzene rings is 1. The molecule has 0 unspecified atom stereocenters. The second-order valence-electron chi connectivity index (χ2n) is 4.96. The van der Waals surface area contributed by atoms with Crippen molar-refractivity contribution in [2.24, 2.45) is 0 Å². The van der Waals surface area contributed by atoms with Gasteiger partial charge in [-0.3, -0.25) is 4.68 Å². The Balaban J connectivity index is 2.13. The van der Waals surface area contributed by atoms with Crippen molar-refractivity contribution in [2.45, 2.75) is 33.7 Å². The lowest BCUT2D eigenvalue weighted by Crippen LogP contribution is -2.17. The number of nitrogens with one attached hydrogen (secondary N) is 1. The molecule has 0 atom stereocenters. The highest BCUT2D eigenvalue weighted by molar-refractivity contribution is 5.28. The van der Waals surface area contributed by atoms with Gasteiger partial charge in [-0.15, -0.1) is 0 Å². The molecular formula is C16H23N3. The van der Waals surface area contributed by atoms with E-state index in [-0.39, 0.29) is 0 Å². The van der Waals surface area contributed by atoms with Crippen molar-refractivity contribution in [1.29, 1.82) is 0 Å². The topological polar surface area (TPSA) is 29.9 Å². The first kappa shape index (κ1) is 13.8. The van der Waals surface area contributed by atoms with E-state index < -0.39 is 0 Å². The maximum atomic E-state index is 4.54. The van der Waals surface area contributed by atoms with E-state index in [0.717, 1.165) is 31.7 Å². The van der Waals surface area contributed by atoms with Crippen LogP contribution >= 0.6 is 0 Å². The number of rotatable bonds is 6. The molecule has 0 amide bonds. The van der Waals surface area contributed by atoms with Crippen molar-refractivity contribution in [3.05, 3.63) is 52.8 Å². The molecule has 19 heavy (non-hydrogen) atoms. The number of aryl methyl sites for hydroxylation is 2. The fraction of sp³-hybridized carbons (Fsp3) is 0.438. The number of aromatic nitrogens is 2. The van der Waals surface area contributed by atoms with Crippen molar-refractivity contribution in [1.82, 2.24) is 15.1 Å². The Morgan fingerprint density at radius 1 is 1.16 bits per heavy atom. The summed E-state index contributed by atoms with van der Waals surface area (Å²) >= 11 is 0. The van der Waals surface area contributed by atoms with Gasteiger partial charge in [0.2, 0.25) is 0 Å². The van der Waals surface area contributed by atoms with E-state index in [1.54, 1.807) is 0 Å². The summed E-state index contributed by atoms with van der Waals surface area (Å²) in [6.07, 6.45) is 1.07. The van der Waals surface area contributed by atoms with Crippen LogP contribution in [0, 0.1) is 13.8 Å². The summed E-state index contributed by atoms with van der Waals surface area (Å²) in [7, 11) is 0. The highest BCUT2D eigenvalue weighted by atomic mass is 15.3. The van der Waals surface area contributed by atoms with Gasteiger partial charge in [0.15, 0.2) is 0 Å². The molecule has 0 saturated carbocycles. The van der Waals surface area contributed by atoms with Gasteiger partial charge in [0.05, 0.1) is 12.2 Å². The molecule has 0 saturated heterocycles. The zero-order valence-electron chi connectivity index (χ0n) is 12.1. The number of hydrogen-bond acceptors (Lipinski definition) is 2. The minimum absolute atomic E-state index is 0.863. The van der Waals surface area contributed by atoms with Crippen molar-refractivity contribution in [2.75, 3.05) is 13.1 Å². The summed E-state index contributed by atoms with van der Waals surface area (Å²) in [6.45, 7) is 9.22. The first-order chi connectivity index (χ1) is 9.20. The lowest BCUT2D eigenvalue weighted by Gasteiger charge is -2.11. The highest BCUT2D eigenvalue weighted by Gasteiger charge is 2.05. The van der Waals surface area contributed by atoms with E-state index in [4.69, 9.17) is 0 Å². The molecule has 1 heterocycles. The van der Waals surface area contributed by atoms with Gasteiger partial charge in [-0.2, -0.15) is 5.10 Å². The third-order valence-corrected chi connectivity index (χ3v) is 3.36. The second-order valence-corrected chi connectivity index (χ2v) is 4.96. The average molecular weight is 257 g/mol. The zero-order valence-corrected chi connectivity index (χ0v) is 12.1. The van der Waals surface area contributed by atoms with Crippen LogP contribution in [-0.2, 0) is 13.0 Å². The molecule has 1 aromatic heterocycles. The molecule has 0 fully saturated rings. The molecule has 0 aliphatic carbocycles. The summed E-state index contributed by atoms with van der Waals surface area (Å²) < 4.78 is 2.08. The van der Waals surface area contributed by atoms with Gasteiger partial charge < -0.3 is 5.32 Å². The Hall–Kier alpha value is -1.61. The maximum absolute atomic E-state index is 4.54. The number of likely N-dealkylation sites (N-methyl/N-ethyl adjacent to an activating group) is 1. The molecule has 2 aromatic rings. The average Bonchev–Trinajstić information content (AvgIpc) is 2.70. The summed E-state index contributed by atoms with van der Waals surface area (Å²) in [5, 5.41) is 7.92. The normalized spacial score (nSPS) is 10.9. The Labute approximate surface area is 115 Å². The first-order valence-corrected chi connectivity index (χ1v) is 6.99. The van der Waals surface area contributed by atoms with Gasteiger partial charge >= 0.3 is 0 Å². The quantitative estimate of drug-likeness (QED) is 0.806. The fourth-order valence-electron chi connectivity index (χ4n) is 2.35. The molecule has 0 spiro atoms. The smallest absolute Gasteiger partial charge is 0.0665 e. The highest BCUT2D eigenvalue weighted by Crippen LogP contribution is 2.13. The van der Waals surface area contributed by atoms with Gasteiger partial charge in [0.25, 0.3) is 0 Å². The van der Waals surface area contributed by atoms with E-state index in [2.05, 4.69) is 59.3 Å². The Kier molecular flexibility index (Phi) is 4.74. The molecule has 0 radical (unpaired) electrons. The van der Waals surface area contributed by atoms with E-state index in [1.807, 2.05) is 6.92 Å². The number of hydrogen-bond donors (Lipinski definition) is 1. The summed E-state index contributed by atoms with van der Waals surface area (Å²) in [4.78, 5) is 0. The van der Waals surface area contributed by atoms with E-state index in [9.17, 15) is 0 Å². The van der Waals surface area contributed by atoms with Crippen LogP contribution in [0.3, 0.4) is 0 Å². The SMILES string of the molecule is CCNCCc1ccccc1Cn1nc(C)cc1C. The van der Waals surface area contributed by atoms with Crippen LogP contribution in [0.2, 0.25) is 0 Å². The third-order valence-electron chi connectivity index (χ3n) is 3.36. The molecule has 3 nitrogen and oxygen atoms in total. The second kappa shape index (κ2) is 6.53. The van der Waals surface area contributed by atoms with Crippen molar-refractivity contribution >= 4 is 0 Å². The fourth-order valence-corrected chi connectivity index (χ4v) is 2.35. The predicted octanol–water partition coefficient (Wildman–Crippen LogP) is 2.70. The molecule has 0 aliphatic rings. The zero-order chi connectivity index (χ0) is 13.7. The summed E-state index contributed by atoms with van der Waals surface area (Å²) in [5.74, 6) is 0. The maximum Gasteiger partial charge on any atom is 0.0665 e. The van der Waals surface area contributed by atoms with Crippen LogP contribution in [0.15, 0.2) is 30.3 Å². The monoisotopic (exact) mass is 257 g/mol. The van der Waals surface area contributed by atoms with Crippen LogP contribution in [0.1, 0.15) is 29.4 Å². The summed E-state index contributed by atoms with van der Waals surface area (Å²) in [6, 6.07) is 10.8. The minimum atomic E-state index is 0.863. The number of nitrogens with zero attached hydrogens (tertiary/aromatic N) is 2. The van der Waals surface area contributed by atoms with Crippen molar-refractivity contribution < 1.29 is 0 Å². The molecule has 0 aliphatic heterocycles. The molecule has 1 N–H and O–H groups in total. The van der Waals surface area contributed by atoms with Crippen molar-refractivity contribution in [3.63, 3.8) is 0 Å². The van der Waals surface area contributed by atoms with E-state index >= 15 is 0 Å². The van der Waals surface area contributed by atoms with Gasteiger partial charge in [0, 0.05) is 5.69 Å². The first-order valence-electron chi connectivity index (χ1n) is 6.99. The lowest BCUT2D eigenvalue weighted by atomic mass is 10.0. The third kappa shape index (κ3) is 3.67. The lowest BCUT2D eigenvalue weighted by molar-refractivity contribution is 0.648. The molecule has 102 valence electrons. The van der Waals surface area contributed by atoms with E-state index in [0.29, 0.717) is 0 Å². The standard InChI is InChI=1S/C16H23N3/c1-4-17-10-9-15-7-5-6-8-16(15)12-19-14(3)11-13(2)18-19/h5-8,11,17H,4,9-10,12H2,1-3H3. The molecule has 2 rings (SSSR count). The molecule has 3 heteroatoms. The van der Waals surface area contributed by atoms with Crippen LogP contribution in [0.25, 0.3) is 0 Å². The predicted molar refractivity (Wildman–Crippen MR) is 79.5 cm³/mol. The van der Waals surface area contributed by atoms with Crippen LogP contribution in [-0.4, -0.2) is 22.9 Å². The van der Waals surface area contributed by atoms with Gasteiger partial charge in [-0.25, -0.2) is 0 Å². The Bertz CT molecular complexity index is 529. The molecular weight excluding hydrogens is 234 g/mol. The van der Waals surface area contributed by atoms with E-state index in [1.165, 1.54) is 16.8 Å². The Morgan fingerprint density at radius 2 is 1.89 bits per heavy atom.